The lowest BCUT2D eigenvalue weighted by molar-refractivity contribution is -0.0501. The van der Waals surface area contributed by atoms with E-state index in [4.69, 9.17) is 11.6 Å². The number of rotatable bonds is 4. The Hall–Kier alpha value is -1.07. The zero-order valence-electron chi connectivity index (χ0n) is 8.93. The van der Waals surface area contributed by atoms with E-state index in [0.717, 1.165) is 11.8 Å². The molecule has 1 aromatic rings. The molecular weight excluding hydrogens is 333 g/mol. The van der Waals surface area contributed by atoms with Crippen LogP contribution in [0.5, 0.6) is 5.88 Å². The molecule has 0 aliphatic heterocycles. The van der Waals surface area contributed by atoms with Crippen molar-refractivity contribution >= 4 is 39.8 Å². The number of alkyl halides is 3. The fourth-order valence-electron chi connectivity index (χ4n) is 0.810. The zero-order valence-corrected chi connectivity index (χ0v) is 11.3. The molecule has 106 valence electrons. The molecule has 0 saturated carbocycles. The highest BCUT2D eigenvalue weighted by molar-refractivity contribution is 7.98. The minimum Gasteiger partial charge on any atom is -0.354 e. The molecule has 19 heavy (non-hydrogen) atoms. The van der Waals surface area contributed by atoms with Crippen LogP contribution in [0.1, 0.15) is 10.4 Å². The molecule has 0 amide bonds. The minimum atomic E-state index is -5.94. The molecule has 0 atom stereocenters. The number of aromatic nitrogens is 2. The van der Waals surface area contributed by atoms with Gasteiger partial charge in [0.05, 0.1) is 0 Å². The highest BCUT2D eigenvalue weighted by Gasteiger charge is 2.49. The van der Waals surface area contributed by atoms with Crippen LogP contribution in [-0.4, -0.2) is 36.4 Å². The number of carbonyl (C=O) groups is 1. The Morgan fingerprint density at radius 1 is 1.37 bits per heavy atom. The molecule has 0 aliphatic carbocycles. The summed E-state index contributed by atoms with van der Waals surface area (Å²) in [5, 5.41) is -0.662. The Morgan fingerprint density at radius 3 is 2.37 bits per heavy atom. The largest absolute Gasteiger partial charge is 0.534 e. The van der Waals surface area contributed by atoms with Crippen molar-refractivity contribution in [3.63, 3.8) is 0 Å². The van der Waals surface area contributed by atoms with Gasteiger partial charge >= 0.3 is 15.6 Å². The van der Waals surface area contributed by atoms with E-state index >= 15 is 0 Å². The quantitative estimate of drug-likeness (QED) is 0.207. The molecule has 1 heterocycles. The Balaban J connectivity index is 3.35. The van der Waals surface area contributed by atoms with E-state index in [1.165, 1.54) is 6.26 Å². The van der Waals surface area contributed by atoms with Gasteiger partial charge in [-0.3, -0.25) is 4.79 Å². The molecule has 0 aliphatic rings. The number of thioether (sulfide) groups is 1. The van der Waals surface area contributed by atoms with Gasteiger partial charge in [0.1, 0.15) is 10.7 Å². The third-order valence-electron chi connectivity index (χ3n) is 1.62. The summed E-state index contributed by atoms with van der Waals surface area (Å²) in [7, 11) is -5.94. The smallest absolute Gasteiger partial charge is 0.354 e. The number of halogens is 4. The lowest BCUT2D eigenvalue weighted by atomic mass is 10.4. The molecule has 1 rings (SSSR count). The molecule has 0 radical (unpaired) electrons. The molecule has 12 heteroatoms. The summed E-state index contributed by atoms with van der Waals surface area (Å²) in [6.45, 7) is 0. The van der Waals surface area contributed by atoms with Crippen molar-refractivity contribution in [3.05, 3.63) is 10.7 Å². The number of hydrogen-bond donors (Lipinski definition) is 0. The van der Waals surface area contributed by atoms with Gasteiger partial charge in [0.15, 0.2) is 11.4 Å². The predicted octanol–water partition coefficient (Wildman–Crippen LogP) is 1.89. The first kappa shape index (κ1) is 16.0. The maximum absolute atomic E-state index is 12.2. The molecule has 1 aromatic heterocycles. The summed E-state index contributed by atoms with van der Waals surface area (Å²) < 4.78 is 61.9. The van der Waals surface area contributed by atoms with E-state index in [2.05, 4.69) is 14.2 Å². The van der Waals surface area contributed by atoms with Crippen molar-refractivity contribution < 1.29 is 30.6 Å². The van der Waals surface area contributed by atoms with E-state index in [9.17, 15) is 26.4 Å². The molecule has 6 nitrogen and oxygen atoms in total. The maximum atomic E-state index is 12.2. The summed E-state index contributed by atoms with van der Waals surface area (Å²) in [4.78, 5) is 17.6. The second-order valence-corrected chi connectivity index (χ2v) is 5.49. The first-order valence-electron chi connectivity index (χ1n) is 4.20. The van der Waals surface area contributed by atoms with Crippen molar-refractivity contribution in [2.45, 2.75) is 10.7 Å². The van der Waals surface area contributed by atoms with Crippen LogP contribution in [0.3, 0.4) is 0 Å². The first-order valence-corrected chi connectivity index (χ1v) is 7.21. The van der Waals surface area contributed by atoms with Crippen LogP contribution in [0.2, 0.25) is 5.15 Å². The highest BCUT2D eigenvalue weighted by atomic mass is 35.5. The summed E-state index contributed by atoms with van der Waals surface area (Å²) in [5.41, 5.74) is -6.34. The standard InChI is InChI=1S/C7H4ClF3N2O4S2/c1-18-6-12-4(8)3(2-14)5(13-6)17-19(15,16)7(9,10)11/h2H,1H3. The van der Waals surface area contributed by atoms with Crippen LogP contribution < -0.4 is 4.18 Å². The van der Waals surface area contributed by atoms with Gasteiger partial charge in [0.25, 0.3) is 0 Å². The highest BCUT2D eigenvalue weighted by Crippen LogP contribution is 2.30. The van der Waals surface area contributed by atoms with E-state index in [1.807, 2.05) is 0 Å². The van der Waals surface area contributed by atoms with Gasteiger partial charge in [-0.1, -0.05) is 23.4 Å². The van der Waals surface area contributed by atoms with Gasteiger partial charge in [0.2, 0.25) is 5.88 Å². The Bertz CT molecular complexity index is 605. The average Bonchev–Trinajstić information content (AvgIpc) is 2.26. The van der Waals surface area contributed by atoms with Crippen molar-refractivity contribution in [3.8, 4) is 5.88 Å². The molecule has 0 saturated heterocycles. The van der Waals surface area contributed by atoms with Crippen LogP contribution in [-0.2, 0) is 10.1 Å². The van der Waals surface area contributed by atoms with Crippen LogP contribution in [0, 0.1) is 0 Å². The maximum Gasteiger partial charge on any atom is 0.534 e. The molecule has 0 aromatic carbocycles. The van der Waals surface area contributed by atoms with E-state index in [0.29, 0.717) is 0 Å². The summed E-state index contributed by atoms with van der Waals surface area (Å²) >= 11 is 6.38. The molecular formula is C7H4ClF3N2O4S2. The number of carbonyl (C=O) groups excluding carboxylic acids is 1. The summed E-state index contributed by atoms with van der Waals surface area (Å²) in [6, 6.07) is 0. The minimum absolute atomic E-state index is 0.00628. The monoisotopic (exact) mass is 336 g/mol. The topological polar surface area (TPSA) is 86.2 Å². The summed E-state index contributed by atoms with van der Waals surface area (Å²) in [5.74, 6) is -1.07. The van der Waals surface area contributed by atoms with Crippen LogP contribution in [0.25, 0.3) is 0 Å². The van der Waals surface area contributed by atoms with Crippen molar-refractivity contribution in [1.29, 1.82) is 0 Å². The van der Waals surface area contributed by atoms with Crippen LogP contribution in [0.15, 0.2) is 5.16 Å². The van der Waals surface area contributed by atoms with Crippen molar-refractivity contribution in [2.24, 2.45) is 0 Å². The third-order valence-corrected chi connectivity index (χ3v) is 3.40. The van der Waals surface area contributed by atoms with Crippen LogP contribution in [0.4, 0.5) is 13.2 Å². The lowest BCUT2D eigenvalue weighted by Crippen LogP contribution is -2.29. The van der Waals surface area contributed by atoms with Gasteiger partial charge in [-0.25, -0.2) is 4.98 Å². The second-order valence-electron chi connectivity index (χ2n) is 2.82. The van der Waals surface area contributed by atoms with Crippen LogP contribution >= 0.6 is 23.4 Å². The van der Waals surface area contributed by atoms with E-state index < -0.39 is 32.2 Å². The van der Waals surface area contributed by atoms with Crippen molar-refractivity contribution in [1.82, 2.24) is 9.97 Å². The Labute approximate surface area is 114 Å². The van der Waals surface area contributed by atoms with E-state index in [-0.39, 0.29) is 11.4 Å². The van der Waals surface area contributed by atoms with Crippen molar-refractivity contribution in [2.75, 3.05) is 6.26 Å². The Kier molecular flexibility index (Phi) is 4.63. The summed E-state index contributed by atoms with van der Waals surface area (Å²) in [6.07, 6.45) is 1.46. The van der Waals surface area contributed by atoms with E-state index in [1.54, 1.807) is 0 Å². The average molecular weight is 337 g/mol. The molecule has 0 fully saturated rings. The fourth-order valence-corrected chi connectivity index (χ4v) is 1.85. The third kappa shape index (κ3) is 3.48. The number of hydrogen-bond acceptors (Lipinski definition) is 7. The fraction of sp³-hybridized carbons (Fsp3) is 0.286. The van der Waals surface area contributed by atoms with Gasteiger partial charge in [-0.15, -0.1) is 0 Å². The Morgan fingerprint density at radius 2 is 1.95 bits per heavy atom. The van der Waals surface area contributed by atoms with Gasteiger partial charge in [-0.05, 0) is 6.26 Å². The molecule has 0 unspecified atom stereocenters. The molecule has 0 spiro atoms. The molecule has 0 N–H and O–H groups in total. The normalized spacial score (nSPS) is 12.3. The number of aldehydes is 1. The lowest BCUT2D eigenvalue weighted by Gasteiger charge is -2.10. The number of nitrogens with zero attached hydrogens (tertiary/aromatic N) is 2. The first-order chi connectivity index (χ1) is 8.62. The molecule has 0 bridgehead atoms. The SMILES string of the molecule is CSc1nc(Cl)c(C=O)c(OS(=O)(=O)C(F)(F)F)n1. The van der Waals surface area contributed by atoms with Gasteiger partial charge in [0, 0.05) is 0 Å². The predicted molar refractivity (Wildman–Crippen MR) is 59.8 cm³/mol. The van der Waals surface area contributed by atoms with Gasteiger partial charge < -0.3 is 4.18 Å². The van der Waals surface area contributed by atoms with Gasteiger partial charge in [-0.2, -0.15) is 26.6 Å². The zero-order chi connectivity index (χ0) is 14.8. The second kappa shape index (κ2) is 5.51.